The van der Waals surface area contributed by atoms with Crippen LogP contribution in [-0.2, 0) is 10.0 Å². The van der Waals surface area contributed by atoms with Crippen LogP contribution in [0.2, 0.25) is 5.02 Å². The van der Waals surface area contributed by atoms with Crippen LogP contribution in [0.3, 0.4) is 0 Å². The number of ether oxygens (including phenoxy) is 1. The average Bonchev–Trinajstić information content (AvgIpc) is 3.74. The summed E-state index contributed by atoms with van der Waals surface area (Å²) in [5, 5.41) is 16.8. The zero-order chi connectivity index (χ0) is 46.1. The van der Waals surface area contributed by atoms with Crippen molar-refractivity contribution >= 4 is 68.7 Å². The van der Waals surface area contributed by atoms with Gasteiger partial charge in [-0.2, -0.15) is 0 Å². The number of nitro benzene ring substituents is 1. The maximum absolute atomic E-state index is 14.0. The molecule has 65 heavy (non-hydrogen) atoms. The van der Waals surface area contributed by atoms with Crippen molar-refractivity contribution in [1.82, 2.24) is 24.5 Å². The van der Waals surface area contributed by atoms with Crippen LogP contribution in [0.25, 0.3) is 16.6 Å². The summed E-state index contributed by atoms with van der Waals surface area (Å²) in [6.07, 6.45) is 7.99. The van der Waals surface area contributed by atoms with Crippen LogP contribution >= 0.6 is 19.1 Å². The summed E-state index contributed by atoms with van der Waals surface area (Å²) in [4.78, 5) is 50.0. The minimum absolute atomic E-state index is 0.0162. The fourth-order valence-corrected chi connectivity index (χ4v) is 11.9. The number of allylic oxidation sites excluding steroid dienone is 1. The van der Waals surface area contributed by atoms with Crippen LogP contribution in [0.15, 0.2) is 95.7 Å². The van der Waals surface area contributed by atoms with Gasteiger partial charge in [0.05, 0.1) is 11.8 Å². The van der Waals surface area contributed by atoms with Crippen LogP contribution in [-0.4, -0.2) is 121 Å². The van der Waals surface area contributed by atoms with Gasteiger partial charge in [0.1, 0.15) is 17.1 Å². The standard InChI is InChI=1S/C47H58ClN8O7PS/c1-32(54-21-23-64(4,60)24-22-54)29-50-42-12-10-39(27-43(42)56(58)59)65(61,62)52-46(57)40-11-9-37(26-44(40)63-38-25-34-14-16-49-45(34)51-30-38)55-19-17-53(18-20-55)31-35-13-15-47(2,3)28-41(35)33-5-7-36(48)8-6-33/h5-12,14,16,25-27,30,32,50,60,64H,13,15,17-24,28-29,31H2,1-4H3,(H,49,51)(H,52,57). The second-order valence-electron chi connectivity index (χ2n) is 18.7. The maximum atomic E-state index is 14.0. The fraction of sp³-hybridized carbons (Fsp3) is 0.404. The van der Waals surface area contributed by atoms with Crippen molar-refractivity contribution in [3.05, 3.63) is 117 Å². The quantitative estimate of drug-likeness (QED) is 0.0476. The third kappa shape index (κ3) is 11.1. The summed E-state index contributed by atoms with van der Waals surface area (Å²) < 4.78 is 36.0. The number of rotatable bonds is 14. The predicted octanol–water partition coefficient (Wildman–Crippen LogP) is 8.22. The number of anilines is 2. The number of amides is 1. The molecular formula is C47H58ClN8O7PS. The molecule has 15 nitrogen and oxygen atoms in total. The van der Waals surface area contributed by atoms with E-state index in [0.29, 0.717) is 17.9 Å². The number of hydrogen-bond donors (Lipinski definition) is 4. The topological polar surface area (TPSA) is 186 Å². The Morgan fingerprint density at radius 2 is 1.77 bits per heavy atom. The van der Waals surface area contributed by atoms with Crippen molar-refractivity contribution in [2.24, 2.45) is 5.41 Å². The monoisotopic (exact) mass is 944 g/mol. The van der Waals surface area contributed by atoms with Crippen molar-refractivity contribution in [3.8, 4) is 11.5 Å². The number of H-pyrrole nitrogens is 1. The molecule has 1 amide bonds. The SMILES string of the molecule is CC(CNc1ccc(S(=O)(=O)NC(=O)c2ccc(N3CCN(CC4=C(c5ccc(Cl)cc5)CC(C)(C)CC4)CC3)cc2Oc2cnc3[nH]ccc3c2)cc1[N+](=O)[O-])N1CC[PH](C)(O)CC1. The molecule has 2 saturated heterocycles. The Bertz CT molecular complexity index is 2710. The number of sulfonamides is 1. The minimum atomic E-state index is -4.59. The molecule has 18 heteroatoms. The normalized spacial score (nSPS) is 19.1. The number of benzene rings is 3. The molecule has 3 aromatic carbocycles. The van der Waals surface area contributed by atoms with Gasteiger partial charge in [-0.1, -0.05) is 43.2 Å². The van der Waals surface area contributed by atoms with E-state index in [9.17, 15) is 28.2 Å². The summed E-state index contributed by atoms with van der Waals surface area (Å²) in [7, 11) is -6.75. The second kappa shape index (κ2) is 19.0. The van der Waals surface area contributed by atoms with Gasteiger partial charge in [0.15, 0.2) is 0 Å². The van der Waals surface area contributed by atoms with Crippen LogP contribution in [0.1, 0.15) is 56.0 Å². The van der Waals surface area contributed by atoms with Crippen LogP contribution < -0.4 is 19.7 Å². The van der Waals surface area contributed by atoms with E-state index in [4.69, 9.17) is 16.3 Å². The van der Waals surface area contributed by atoms with E-state index in [2.05, 4.69) is 60.7 Å². The number of aromatic amines is 1. The van der Waals surface area contributed by atoms with Gasteiger partial charge in [0, 0.05) is 61.1 Å². The molecule has 0 spiro atoms. The Hall–Kier alpha value is -5.09. The average molecular weight is 946 g/mol. The number of fused-ring (bicyclic) bond motifs is 1. The molecular weight excluding hydrogens is 887 g/mol. The number of halogens is 1. The number of nitrogens with zero attached hydrogens (tertiary/aromatic N) is 5. The van der Waals surface area contributed by atoms with E-state index in [1.54, 1.807) is 30.5 Å². The molecule has 346 valence electrons. The Morgan fingerprint density at radius 1 is 1.03 bits per heavy atom. The number of carbonyl (C=O) groups excluding carboxylic acids is 1. The molecule has 1 atom stereocenters. The van der Waals surface area contributed by atoms with Crippen molar-refractivity contribution in [1.29, 1.82) is 0 Å². The first-order valence-electron chi connectivity index (χ1n) is 22.2. The molecule has 4 heterocycles. The molecule has 2 aromatic heterocycles. The Kier molecular flexibility index (Phi) is 13.6. The van der Waals surface area contributed by atoms with Gasteiger partial charge in [-0.3, -0.25) is 9.69 Å². The van der Waals surface area contributed by atoms with Crippen LogP contribution in [0.4, 0.5) is 17.1 Å². The number of nitro groups is 1. The molecule has 1 aliphatic carbocycles. The summed E-state index contributed by atoms with van der Waals surface area (Å²) >= 11 is 6.25. The molecule has 0 bridgehead atoms. The fourth-order valence-electron chi connectivity index (χ4n) is 9.03. The third-order valence-corrected chi connectivity index (χ3v) is 17.3. The molecule has 2 aliphatic heterocycles. The summed E-state index contributed by atoms with van der Waals surface area (Å²) in [6.45, 7) is 14.4. The molecule has 1 unspecified atom stereocenters. The van der Waals surface area contributed by atoms with E-state index >= 15 is 0 Å². The van der Waals surface area contributed by atoms with Crippen molar-refractivity contribution < 1.29 is 27.8 Å². The number of nitrogens with one attached hydrogen (secondary N) is 3. The van der Waals surface area contributed by atoms with Crippen molar-refractivity contribution in [2.75, 3.05) is 81.6 Å². The Labute approximate surface area is 385 Å². The van der Waals surface area contributed by atoms with Crippen molar-refractivity contribution in [3.63, 3.8) is 0 Å². The Balaban J connectivity index is 0.985. The zero-order valence-electron chi connectivity index (χ0n) is 37.3. The summed E-state index contributed by atoms with van der Waals surface area (Å²) in [5.74, 6) is -0.496. The van der Waals surface area contributed by atoms with Gasteiger partial charge in [-0.05, 0) is 72.2 Å². The van der Waals surface area contributed by atoms with Gasteiger partial charge in [0.25, 0.3) is 5.91 Å². The predicted molar refractivity (Wildman–Crippen MR) is 261 cm³/mol. The van der Waals surface area contributed by atoms with E-state index < -0.39 is 38.9 Å². The molecule has 5 aromatic rings. The molecule has 0 radical (unpaired) electrons. The van der Waals surface area contributed by atoms with Crippen molar-refractivity contribution in [2.45, 2.75) is 51.0 Å². The van der Waals surface area contributed by atoms with Gasteiger partial charge in [-0.25, -0.2) is 4.98 Å². The van der Waals surface area contributed by atoms with E-state index in [-0.39, 0.29) is 28.5 Å². The van der Waals surface area contributed by atoms with Gasteiger partial charge in [0.2, 0.25) is 0 Å². The molecule has 4 N–H and O–H groups in total. The number of aromatic nitrogens is 2. The number of carbonyl (C=O) groups is 1. The van der Waals surface area contributed by atoms with Gasteiger partial charge < -0.3 is 14.6 Å². The molecule has 0 saturated carbocycles. The number of piperazine rings is 1. The zero-order valence-corrected chi connectivity index (χ0v) is 39.8. The Morgan fingerprint density at radius 3 is 2.49 bits per heavy atom. The van der Waals surface area contributed by atoms with Gasteiger partial charge >= 0.3 is 147 Å². The molecule has 2 fully saturated rings. The van der Waals surface area contributed by atoms with E-state index in [1.165, 1.54) is 35.0 Å². The first-order valence-corrected chi connectivity index (χ1v) is 26.9. The molecule has 8 rings (SSSR count). The molecule has 3 aliphatic rings. The summed E-state index contributed by atoms with van der Waals surface area (Å²) in [5.41, 5.74) is 5.45. The van der Waals surface area contributed by atoms with Crippen LogP contribution in [0, 0.1) is 15.5 Å². The third-order valence-electron chi connectivity index (χ3n) is 13.1. The number of pyridine rings is 1. The van der Waals surface area contributed by atoms with E-state index in [0.717, 1.165) is 99.6 Å². The van der Waals surface area contributed by atoms with Gasteiger partial charge in [-0.15, -0.1) is 0 Å². The van der Waals surface area contributed by atoms with Crippen LogP contribution in [0.5, 0.6) is 11.5 Å². The first-order chi connectivity index (χ1) is 30.9. The second-order valence-corrected chi connectivity index (χ2v) is 24.8. The number of hydrogen-bond acceptors (Lipinski definition) is 12. The summed E-state index contributed by atoms with van der Waals surface area (Å²) in [6, 6.07) is 20.4. The first kappa shape index (κ1) is 46.4. The van der Waals surface area contributed by atoms with E-state index in [1.807, 2.05) is 31.8 Å².